The fourth-order valence-corrected chi connectivity index (χ4v) is 2.37. The fourth-order valence-electron chi connectivity index (χ4n) is 2.37. The van der Waals surface area contributed by atoms with Gasteiger partial charge in [-0.05, 0) is 31.1 Å². The van der Waals surface area contributed by atoms with Crippen molar-refractivity contribution in [2.45, 2.75) is 44.9 Å². The highest BCUT2D eigenvalue weighted by Crippen LogP contribution is 2.43. The molecule has 0 aromatic carbocycles. The van der Waals surface area contributed by atoms with Gasteiger partial charge in [-0.2, -0.15) is 0 Å². The largest absolute Gasteiger partial charge is 0.481 e. The lowest BCUT2D eigenvalue weighted by atomic mass is 9.66. The van der Waals surface area contributed by atoms with Gasteiger partial charge in [-0.15, -0.1) is 0 Å². The fraction of sp³-hybridized carbons (Fsp3) is 0.769. The van der Waals surface area contributed by atoms with Gasteiger partial charge in [0.15, 0.2) is 0 Å². The summed E-state index contributed by atoms with van der Waals surface area (Å²) in [5, 5.41) is 14.3. The minimum atomic E-state index is -0.821. The van der Waals surface area contributed by atoms with E-state index in [9.17, 15) is 14.4 Å². The molecule has 0 aromatic rings. The van der Waals surface area contributed by atoms with Crippen molar-refractivity contribution in [1.29, 1.82) is 0 Å². The van der Waals surface area contributed by atoms with Crippen molar-refractivity contribution in [3.63, 3.8) is 0 Å². The number of primary amides is 1. The second-order valence-corrected chi connectivity index (χ2v) is 5.46. The number of carbonyl (C=O) groups excluding carboxylic acids is 2. The van der Waals surface area contributed by atoms with Crippen molar-refractivity contribution in [3.8, 4) is 0 Å². The Kier molecular flexibility index (Phi) is 6.27. The molecule has 7 heteroatoms. The van der Waals surface area contributed by atoms with Gasteiger partial charge in [-0.1, -0.05) is 6.42 Å². The van der Waals surface area contributed by atoms with Crippen LogP contribution in [-0.2, 0) is 9.59 Å². The van der Waals surface area contributed by atoms with Crippen molar-refractivity contribution in [3.05, 3.63) is 0 Å². The zero-order valence-electron chi connectivity index (χ0n) is 11.6. The van der Waals surface area contributed by atoms with Gasteiger partial charge in [0, 0.05) is 19.5 Å². The number of carboxylic acid groups (broad SMARTS) is 1. The molecular formula is C13H23N3O4. The van der Waals surface area contributed by atoms with Crippen LogP contribution >= 0.6 is 0 Å². The molecule has 20 heavy (non-hydrogen) atoms. The van der Waals surface area contributed by atoms with Crippen LogP contribution in [0.2, 0.25) is 0 Å². The van der Waals surface area contributed by atoms with E-state index in [-0.39, 0.29) is 23.8 Å². The summed E-state index contributed by atoms with van der Waals surface area (Å²) in [5.41, 5.74) is 4.74. The molecule has 1 aliphatic carbocycles. The molecule has 0 spiro atoms. The number of amides is 3. The molecule has 0 heterocycles. The van der Waals surface area contributed by atoms with E-state index in [4.69, 9.17) is 10.8 Å². The van der Waals surface area contributed by atoms with Gasteiger partial charge in [0.2, 0.25) is 5.91 Å². The number of carbonyl (C=O) groups is 3. The summed E-state index contributed by atoms with van der Waals surface area (Å²) in [7, 11) is 0. The summed E-state index contributed by atoms with van der Waals surface area (Å²) in [5.74, 6) is -1.16. The second kappa shape index (κ2) is 7.72. The summed E-state index contributed by atoms with van der Waals surface area (Å²) in [6.07, 6.45) is 4.48. The minimum Gasteiger partial charge on any atom is -0.481 e. The van der Waals surface area contributed by atoms with Crippen LogP contribution in [0.1, 0.15) is 44.9 Å². The van der Waals surface area contributed by atoms with Crippen molar-refractivity contribution in [2.24, 2.45) is 11.1 Å². The standard InChI is InChI=1S/C13H23N3O4/c14-10(17)4-1-2-7-15-12(20)16-9-13(5-3-6-13)8-11(18)19/h1-9H2,(H2,14,17)(H,18,19)(H2,15,16,20). The van der Waals surface area contributed by atoms with E-state index in [0.29, 0.717) is 32.4 Å². The zero-order chi connectivity index (χ0) is 15.0. The molecule has 1 saturated carbocycles. The lowest BCUT2D eigenvalue weighted by Gasteiger charge is -2.40. The average molecular weight is 285 g/mol. The SMILES string of the molecule is NC(=O)CCCCNC(=O)NCC1(CC(=O)O)CCC1. The van der Waals surface area contributed by atoms with E-state index in [1.165, 1.54) is 0 Å². The van der Waals surface area contributed by atoms with Gasteiger partial charge in [-0.3, -0.25) is 9.59 Å². The van der Waals surface area contributed by atoms with Crippen LogP contribution in [0, 0.1) is 5.41 Å². The van der Waals surface area contributed by atoms with Gasteiger partial charge < -0.3 is 21.5 Å². The number of unbranched alkanes of at least 4 members (excludes halogenated alkanes) is 1. The molecule has 0 aromatic heterocycles. The highest BCUT2D eigenvalue weighted by atomic mass is 16.4. The highest BCUT2D eigenvalue weighted by Gasteiger charge is 2.39. The lowest BCUT2D eigenvalue weighted by molar-refractivity contribution is -0.141. The molecule has 0 aliphatic heterocycles. The van der Waals surface area contributed by atoms with E-state index in [1.807, 2.05) is 0 Å². The lowest BCUT2D eigenvalue weighted by Crippen LogP contribution is -2.46. The van der Waals surface area contributed by atoms with E-state index < -0.39 is 5.97 Å². The molecule has 1 fully saturated rings. The number of nitrogens with one attached hydrogen (secondary N) is 2. The molecule has 0 radical (unpaired) electrons. The molecule has 0 saturated heterocycles. The van der Waals surface area contributed by atoms with Crippen LogP contribution in [0.4, 0.5) is 4.79 Å². The second-order valence-electron chi connectivity index (χ2n) is 5.46. The summed E-state index contributed by atoms with van der Waals surface area (Å²) in [6.45, 7) is 0.872. The smallest absolute Gasteiger partial charge is 0.314 e. The Hall–Kier alpha value is -1.79. The molecular weight excluding hydrogens is 262 g/mol. The first kappa shape index (κ1) is 16.3. The Morgan fingerprint density at radius 2 is 1.85 bits per heavy atom. The van der Waals surface area contributed by atoms with E-state index in [0.717, 1.165) is 19.3 Å². The van der Waals surface area contributed by atoms with Crippen LogP contribution in [0.15, 0.2) is 0 Å². The average Bonchev–Trinajstić information content (AvgIpc) is 2.31. The predicted octanol–water partition coefficient (Wildman–Crippen LogP) is 0.586. The molecule has 0 unspecified atom stereocenters. The molecule has 1 aliphatic rings. The summed E-state index contributed by atoms with van der Waals surface area (Å²) in [4.78, 5) is 32.8. The Balaban J connectivity index is 2.13. The van der Waals surface area contributed by atoms with E-state index in [1.54, 1.807) is 0 Å². The van der Waals surface area contributed by atoms with Crippen molar-refractivity contribution in [2.75, 3.05) is 13.1 Å². The number of nitrogens with two attached hydrogens (primary N) is 1. The van der Waals surface area contributed by atoms with Crippen LogP contribution in [0.25, 0.3) is 0 Å². The van der Waals surface area contributed by atoms with Gasteiger partial charge in [0.05, 0.1) is 6.42 Å². The third-order valence-electron chi connectivity index (χ3n) is 3.70. The minimum absolute atomic E-state index is 0.103. The van der Waals surface area contributed by atoms with Gasteiger partial charge in [-0.25, -0.2) is 4.79 Å². The number of hydrogen-bond donors (Lipinski definition) is 4. The number of urea groups is 1. The monoisotopic (exact) mass is 285 g/mol. The summed E-state index contributed by atoms with van der Waals surface area (Å²) >= 11 is 0. The zero-order valence-corrected chi connectivity index (χ0v) is 11.6. The number of aliphatic carboxylic acids is 1. The maximum Gasteiger partial charge on any atom is 0.314 e. The van der Waals surface area contributed by atoms with E-state index in [2.05, 4.69) is 10.6 Å². The molecule has 0 bridgehead atoms. The maximum absolute atomic E-state index is 11.6. The Bertz CT molecular complexity index is 367. The molecule has 5 N–H and O–H groups in total. The number of carboxylic acids is 1. The Morgan fingerprint density at radius 1 is 1.15 bits per heavy atom. The van der Waals surface area contributed by atoms with Gasteiger partial charge in [0.1, 0.15) is 0 Å². The highest BCUT2D eigenvalue weighted by molar-refractivity contribution is 5.74. The third-order valence-corrected chi connectivity index (χ3v) is 3.70. The third kappa shape index (κ3) is 5.90. The molecule has 7 nitrogen and oxygen atoms in total. The number of hydrogen-bond acceptors (Lipinski definition) is 3. The van der Waals surface area contributed by atoms with Crippen molar-refractivity contribution >= 4 is 17.9 Å². The number of rotatable bonds is 9. The Labute approximate surface area is 118 Å². The Morgan fingerprint density at radius 3 is 2.35 bits per heavy atom. The van der Waals surface area contributed by atoms with Crippen molar-refractivity contribution in [1.82, 2.24) is 10.6 Å². The van der Waals surface area contributed by atoms with Crippen LogP contribution in [0.3, 0.4) is 0 Å². The summed E-state index contributed by atoms with van der Waals surface area (Å²) < 4.78 is 0. The van der Waals surface area contributed by atoms with Crippen molar-refractivity contribution < 1.29 is 19.5 Å². The first-order chi connectivity index (χ1) is 9.43. The molecule has 1 rings (SSSR count). The topological polar surface area (TPSA) is 122 Å². The first-order valence-corrected chi connectivity index (χ1v) is 6.95. The van der Waals surface area contributed by atoms with E-state index >= 15 is 0 Å². The quantitative estimate of drug-likeness (QED) is 0.463. The van der Waals surface area contributed by atoms with Crippen LogP contribution in [-0.4, -0.2) is 36.1 Å². The predicted molar refractivity (Wildman–Crippen MR) is 73.0 cm³/mol. The van der Waals surface area contributed by atoms with Crippen LogP contribution < -0.4 is 16.4 Å². The summed E-state index contributed by atoms with van der Waals surface area (Å²) in [6, 6.07) is -0.291. The normalized spacial score (nSPS) is 16.0. The molecule has 0 atom stereocenters. The molecule has 3 amide bonds. The molecule has 114 valence electrons. The van der Waals surface area contributed by atoms with Crippen LogP contribution in [0.5, 0.6) is 0 Å². The maximum atomic E-state index is 11.6. The van der Waals surface area contributed by atoms with Gasteiger partial charge >= 0.3 is 12.0 Å². The first-order valence-electron chi connectivity index (χ1n) is 6.95. The van der Waals surface area contributed by atoms with Gasteiger partial charge in [0.25, 0.3) is 0 Å².